The lowest BCUT2D eigenvalue weighted by Gasteiger charge is -2.14. The summed E-state index contributed by atoms with van der Waals surface area (Å²) in [4.78, 5) is 8.34. The molecule has 6 nitrogen and oxygen atoms in total. The van der Waals surface area contributed by atoms with Gasteiger partial charge in [0.2, 0.25) is 5.95 Å². The first-order valence-electron chi connectivity index (χ1n) is 6.81. The second-order valence-corrected chi connectivity index (χ2v) is 5.90. The molecule has 0 aliphatic carbocycles. The fourth-order valence-electron chi connectivity index (χ4n) is 2.33. The number of nitrogen functional groups attached to an aromatic ring is 2. The van der Waals surface area contributed by atoms with Crippen molar-refractivity contribution >= 4 is 34.4 Å². The van der Waals surface area contributed by atoms with E-state index in [4.69, 9.17) is 20.9 Å². The van der Waals surface area contributed by atoms with Gasteiger partial charge >= 0.3 is 0 Å². The van der Waals surface area contributed by atoms with E-state index in [-0.39, 0.29) is 5.95 Å². The number of anilines is 2. The summed E-state index contributed by atoms with van der Waals surface area (Å²) in [6.07, 6.45) is 1.36. The fraction of sp³-hybridized carbons (Fsp3) is 0.333. The maximum absolute atomic E-state index is 6.02. The van der Waals surface area contributed by atoms with Gasteiger partial charge in [0.05, 0.1) is 23.5 Å². The molecule has 1 heterocycles. The van der Waals surface area contributed by atoms with Crippen molar-refractivity contribution in [3.05, 3.63) is 32.5 Å². The third kappa shape index (κ3) is 3.34. The third-order valence-corrected chi connectivity index (χ3v) is 4.15. The lowest BCUT2D eigenvalue weighted by molar-refractivity contribution is 0.352. The van der Waals surface area contributed by atoms with Crippen LogP contribution in [0.3, 0.4) is 0 Å². The summed E-state index contributed by atoms with van der Waals surface area (Å²) < 4.78 is 11.7. The van der Waals surface area contributed by atoms with Gasteiger partial charge in [0.1, 0.15) is 5.82 Å². The molecule has 1 aromatic carbocycles. The van der Waals surface area contributed by atoms with Gasteiger partial charge in [0.25, 0.3) is 0 Å². The normalized spacial score (nSPS) is 10.5. The zero-order chi connectivity index (χ0) is 16.3. The molecule has 0 spiro atoms. The highest BCUT2D eigenvalue weighted by Crippen LogP contribution is 2.34. The molecule has 4 N–H and O–H groups in total. The minimum Gasteiger partial charge on any atom is -0.493 e. The topological polar surface area (TPSA) is 96.3 Å². The minimum absolute atomic E-state index is 0.208. The average molecular weight is 414 g/mol. The number of ether oxygens (including phenoxy) is 2. The summed E-state index contributed by atoms with van der Waals surface area (Å²) in [5, 5.41) is 0. The highest BCUT2D eigenvalue weighted by Gasteiger charge is 2.15. The van der Waals surface area contributed by atoms with Crippen molar-refractivity contribution in [1.82, 2.24) is 9.97 Å². The maximum Gasteiger partial charge on any atom is 0.222 e. The summed E-state index contributed by atoms with van der Waals surface area (Å²) >= 11 is 2.22. The van der Waals surface area contributed by atoms with Gasteiger partial charge in [-0.05, 0) is 46.7 Å². The van der Waals surface area contributed by atoms with Crippen LogP contribution in [-0.2, 0) is 12.8 Å². The molecule has 0 saturated carbocycles. The van der Waals surface area contributed by atoms with Crippen molar-refractivity contribution in [2.24, 2.45) is 0 Å². The van der Waals surface area contributed by atoms with Crippen LogP contribution >= 0.6 is 22.6 Å². The number of methoxy groups -OCH3 is 2. The Balaban J connectivity index is 2.46. The second-order valence-electron chi connectivity index (χ2n) is 4.74. The quantitative estimate of drug-likeness (QED) is 0.730. The van der Waals surface area contributed by atoms with Crippen LogP contribution in [0.1, 0.15) is 23.7 Å². The largest absolute Gasteiger partial charge is 0.493 e. The highest BCUT2D eigenvalue weighted by molar-refractivity contribution is 14.1. The molecule has 7 heteroatoms. The van der Waals surface area contributed by atoms with E-state index in [9.17, 15) is 0 Å². The van der Waals surface area contributed by atoms with E-state index in [1.165, 1.54) is 0 Å². The van der Waals surface area contributed by atoms with E-state index in [1.807, 2.05) is 19.1 Å². The van der Waals surface area contributed by atoms with Crippen molar-refractivity contribution < 1.29 is 9.47 Å². The van der Waals surface area contributed by atoms with E-state index in [0.29, 0.717) is 18.0 Å². The Morgan fingerprint density at radius 2 is 1.86 bits per heavy atom. The Labute approximate surface area is 143 Å². The van der Waals surface area contributed by atoms with Crippen molar-refractivity contribution in [2.45, 2.75) is 19.8 Å². The summed E-state index contributed by atoms with van der Waals surface area (Å²) in [5.41, 5.74) is 14.5. The van der Waals surface area contributed by atoms with Gasteiger partial charge in [-0.15, -0.1) is 0 Å². The molecule has 0 radical (unpaired) electrons. The Morgan fingerprint density at radius 1 is 1.14 bits per heavy atom. The van der Waals surface area contributed by atoms with Gasteiger partial charge < -0.3 is 20.9 Å². The number of nitrogens with zero attached hydrogens (tertiary/aromatic N) is 2. The van der Waals surface area contributed by atoms with Crippen LogP contribution in [-0.4, -0.2) is 24.2 Å². The van der Waals surface area contributed by atoms with Crippen molar-refractivity contribution in [3.63, 3.8) is 0 Å². The number of benzene rings is 1. The smallest absolute Gasteiger partial charge is 0.222 e. The molecule has 22 heavy (non-hydrogen) atoms. The van der Waals surface area contributed by atoms with Gasteiger partial charge in [-0.1, -0.05) is 6.92 Å². The highest BCUT2D eigenvalue weighted by atomic mass is 127. The molecule has 1 aromatic heterocycles. The van der Waals surface area contributed by atoms with E-state index < -0.39 is 0 Å². The van der Waals surface area contributed by atoms with Crippen LogP contribution in [0.4, 0.5) is 11.8 Å². The molecule has 0 atom stereocenters. The van der Waals surface area contributed by atoms with E-state index >= 15 is 0 Å². The summed E-state index contributed by atoms with van der Waals surface area (Å²) in [6.45, 7) is 2.02. The van der Waals surface area contributed by atoms with Crippen LogP contribution in [0.25, 0.3) is 0 Å². The van der Waals surface area contributed by atoms with E-state index in [2.05, 4.69) is 32.6 Å². The molecular formula is C15H19IN4O2. The molecule has 0 saturated heterocycles. The standard InChI is InChI=1S/C15H19IN4O2/c1-4-11-9(14(17)20-15(18)19-11)5-8-6-10(16)13(22-3)12(7-8)21-2/h6-7H,4-5H2,1-3H3,(H4,17,18,19,20). The fourth-order valence-corrected chi connectivity index (χ4v) is 3.22. The Morgan fingerprint density at radius 3 is 2.45 bits per heavy atom. The number of nitrogens with two attached hydrogens (primary N) is 2. The van der Waals surface area contributed by atoms with Crippen LogP contribution in [0.5, 0.6) is 11.5 Å². The molecular weight excluding hydrogens is 395 g/mol. The number of aryl methyl sites for hydroxylation is 1. The lowest BCUT2D eigenvalue weighted by atomic mass is 10.0. The first-order chi connectivity index (χ1) is 10.5. The van der Waals surface area contributed by atoms with Crippen LogP contribution in [0, 0.1) is 3.57 Å². The molecule has 0 amide bonds. The number of aromatic nitrogens is 2. The molecule has 2 aromatic rings. The molecule has 0 aliphatic rings. The van der Waals surface area contributed by atoms with Crippen LogP contribution < -0.4 is 20.9 Å². The number of hydrogen-bond donors (Lipinski definition) is 2. The Kier molecular flexibility index (Phi) is 5.28. The van der Waals surface area contributed by atoms with E-state index in [0.717, 1.165) is 32.6 Å². The number of halogens is 1. The molecule has 0 bridgehead atoms. The van der Waals surface area contributed by atoms with Gasteiger partial charge in [-0.3, -0.25) is 0 Å². The van der Waals surface area contributed by atoms with Gasteiger partial charge in [0.15, 0.2) is 11.5 Å². The first-order valence-corrected chi connectivity index (χ1v) is 7.89. The summed E-state index contributed by atoms with van der Waals surface area (Å²) in [7, 11) is 3.25. The first kappa shape index (κ1) is 16.6. The third-order valence-electron chi connectivity index (χ3n) is 3.35. The molecule has 0 unspecified atom stereocenters. The van der Waals surface area contributed by atoms with Gasteiger partial charge in [-0.2, -0.15) is 4.98 Å². The zero-order valence-corrected chi connectivity index (χ0v) is 15.0. The summed E-state index contributed by atoms with van der Waals surface area (Å²) in [5.74, 6) is 2.05. The molecule has 2 rings (SSSR count). The average Bonchev–Trinajstić information content (AvgIpc) is 2.48. The van der Waals surface area contributed by atoms with Crippen molar-refractivity contribution in [1.29, 1.82) is 0 Å². The molecule has 0 aliphatic heterocycles. The SMILES string of the molecule is CCc1nc(N)nc(N)c1Cc1cc(I)c(OC)c(OC)c1. The van der Waals surface area contributed by atoms with Crippen LogP contribution in [0.2, 0.25) is 0 Å². The Bertz CT molecular complexity index is 692. The number of hydrogen-bond acceptors (Lipinski definition) is 6. The predicted molar refractivity (Wildman–Crippen MR) is 95.3 cm³/mol. The van der Waals surface area contributed by atoms with Crippen LogP contribution in [0.15, 0.2) is 12.1 Å². The minimum atomic E-state index is 0.208. The monoisotopic (exact) mass is 414 g/mol. The maximum atomic E-state index is 6.02. The Hall–Kier alpha value is -1.77. The second kappa shape index (κ2) is 6.99. The van der Waals surface area contributed by atoms with Crippen molar-refractivity contribution in [3.8, 4) is 11.5 Å². The lowest BCUT2D eigenvalue weighted by Crippen LogP contribution is -2.09. The summed E-state index contributed by atoms with van der Waals surface area (Å²) in [6, 6.07) is 3.98. The van der Waals surface area contributed by atoms with E-state index in [1.54, 1.807) is 14.2 Å². The van der Waals surface area contributed by atoms with Crippen molar-refractivity contribution in [2.75, 3.05) is 25.7 Å². The van der Waals surface area contributed by atoms with Gasteiger partial charge in [0, 0.05) is 12.0 Å². The zero-order valence-electron chi connectivity index (χ0n) is 12.8. The van der Waals surface area contributed by atoms with Gasteiger partial charge in [-0.25, -0.2) is 4.98 Å². The number of rotatable bonds is 5. The molecule has 118 valence electrons. The predicted octanol–water partition coefficient (Wildman–Crippen LogP) is 2.42. The molecule has 0 fully saturated rings.